The van der Waals surface area contributed by atoms with Crippen molar-refractivity contribution in [2.45, 2.75) is 40.2 Å². The summed E-state index contributed by atoms with van der Waals surface area (Å²) in [7, 11) is 0. The summed E-state index contributed by atoms with van der Waals surface area (Å²) in [5.41, 5.74) is 1.43. The molecule has 0 saturated heterocycles. The first-order chi connectivity index (χ1) is 8.04. The van der Waals surface area contributed by atoms with Crippen LogP contribution in [0.5, 0.6) is 0 Å². The van der Waals surface area contributed by atoms with Gasteiger partial charge in [-0.2, -0.15) is 0 Å². The second-order valence-corrected chi connectivity index (χ2v) is 5.84. The van der Waals surface area contributed by atoms with Crippen LogP contribution >= 0.6 is 11.8 Å². The van der Waals surface area contributed by atoms with Crippen molar-refractivity contribution >= 4 is 18.5 Å². The van der Waals surface area contributed by atoms with Crippen molar-refractivity contribution in [3.63, 3.8) is 0 Å². The number of aliphatic imine (C=N–C) groups is 1. The average molecular weight is 250 g/mol. The Kier molecular flexibility index (Phi) is 5.56. The SMILES string of the molecule is C=N/C=C(/SC1=C(C)CC(C)NC=C1)C(C)C. The summed E-state index contributed by atoms with van der Waals surface area (Å²) >= 11 is 1.80. The maximum Gasteiger partial charge on any atom is 0.0361 e. The Bertz CT molecular complexity index is 364. The number of allylic oxidation sites excluding steroid dienone is 2. The largest absolute Gasteiger partial charge is 0.388 e. The summed E-state index contributed by atoms with van der Waals surface area (Å²) in [6.07, 6.45) is 7.15. The summed E-state index contributed by atoms with van der Waals surface area (Å²) in [4.78, 5) is 6.47. The molecule has 1 rings (SSSR count). The molecule has 1 aliphatic rings. The topological polar surface area (TPSA) is 24.4 Å². The molecule has 0 aromatic heterocycles. The van der Waals surface area contributed by atoms with Crippen LogP contribution < -0.4 is 5.32 Å². The third-order valence-corrected chi connectivity index (χ3v) is 4.18. The highest BCUT2D eigenvalue weighted by Crippen LogP contribution is 2.35. The number of hydrogen-bond acceptors (Lipinski definition) is 3. The number of rotatable bonds is 4. The fourth-order valence-corrected chi connectivity index (χ4v) is 2.69. The summed E-state index contributed by atoms with van der Waals surface area (Å²) in [5.74, 6) is 0.479. The predicted molar refractivity (Wildman–Crippen MR) is 79.1 cm³/mol. The van der Waals surface area contributed by atoms with Crippen molar-refractivity contribution < 1.29 is 0 Å². The minimum Gasteiger partial charge on any atom is -0.388 e. The lowest BCUT2D eigenvalue weighted by Crippen LogP contribution is -2.18. The van der Waals surface area contributed by atoms with Crippen LogP contribution in [0.1, 0.15) is 34.1 Å². The third-order valence-electron chi connectivity index (χ3n) is 2.66. The maximum atomic E-state index is 3.89. The smallest absolute Gasteiger partial charge is 0.0361 e. The molecule has 1 aliphatic heterocycles. The Labute approximate surface area is 109 Å². The molecule has 3 heteroatoms. The van der Waals surface area contributed by atoms with Crippen molar-refractivity contribution in [3.8, 4) is 0 Å². The maximum absolute atomic E-state index is 3.89. The summed E-state index contributed by atoms with van der Waals surface area (Å²) < 4.78 is 0. The quantitative estimate of drug-likeness (QED) is 0.760. The van der Waals surface area contributed by atoms with Gasteiger partial charge in [0.05, 0.1) is 0 Å². The monoisotopic (exact) mass is 250 g/mol. The number of hydrogen-bond donors (Lipinski definition) is 1. The Hall–Kier alpha value is -0.960. The zero-order valence-corrected chi connectivity index (χ0v) is 12.0. The van der Waals surface area contributed by atoms with Gasteiger partial charge in [-0.25, -0.2) is 0 Å². The van der Waals surface area contributed by atoms with E-state index in [9.17, 15) is 0 Å². The van der Waals surface area contributed by atoms with Crippen LogP contribution in [0.3, 0.4) is 0 Å². The molecule has 0 aliphatic carbocycles. The van der Waals surface area contributed by atoms with E-state index in [4.69, 9.17) is 0 Å². The van der Waals surface area contributed by atoms with E-state index in [0.717, 1.165) is 6.42 Å². The molecule has 0 aromatic carbocycles. The van der Waals surface area contributed by atoms with Gasteiger partial charge in [-0.3, -0.25) is 4.99 Å². The molecular formula is C14H22N2S. The lowest BCUT2D eigenvalue weighted by atomic mass is 10.1. The highest BCUT2D eigenvalue weighted by atomic mass is 32.2. The van der Waals surface area contributed by atoms with E-state index >= 15 is 0 Å². The van der Waals surface area contributed by atoms with Gasteiger partial charge in [-0.05, 0) is 45.2 Å². The van der Waals surface area contributed by atoms with Gasteiger partial charge in [0.2, 0.25) is 0 Å². The van der Waals surface area contributed by atoms with Crippen molar-refractivity contribution in [1.29, 1.82) is 0 Å². The molecular weight excluding hydrogens is 228 g/mol. The minimum absolute atomic E-state index is 0.479. The van der Waals surface area contributed by atoms with E-state index in [0.29, 0.717) is 12.0 Å². The van der Waals surface area contributed by atoms with Crippen LogP contribution in [-0.4, -0.2) is 12.8 Å². The fourth-order valence-electron chi connectivity index (χ4n) is 1.68. The molecule has 0 radical (unpaired) electrons. The highest BCUT2D eigenvalue weighted by Gasteiger charge is 2.12. The van der Waals surface area contributed by atoms with Crippen molar-refractivity contribution in [3.05, 3.63) is 33.9 Å². The highest BCUT2D eigenvalue weighted by molar-refractivity contribution is 8.06. The Morgan fingerprint density at radius 3 is 2.94 bits per heavy atom. The molecule has 1 unspecified atom stereocenters. The molecule has 0 aromatic rings. The van der Waals surface area contributed by atoms with E-state index in [1.807, 2.05) is 12.4 Å². The molecule has 2 nitrogen and oxygen atoms in total. The van der Waals surface area contributed by atoms with Gasteiger partial charge in [-0.15, -0.1) is 0 Å². The number of thioether (sulfide) groups is 1. The zero-order chi connectivity index (χ0) is 12.8. The molecule has 1 atom stereocenters. The normalized spacial score (nSPS) is 21.5. The molecule has 0 amide bonds. The van der Waals surface area contributed by atoms with Crippen molar-refractivity contribution in [2.75, 3.05) is 0 Å². The molecule has 1 heterocycles. The second kappa shape index (κ2) is 6.70. The van der Waals surface area contributed by atoms with E-state index in [-0.39, 0.29) is 0 Å². The van der Waals surface area contributed by atoms with Crippen LogP contribution in [0.15, 0.2) is 38.9 Å². The number of nitrogens with zero attached hydrogens (tertiary/aromatic N) is 1. The van der Waals surface area contributed by atoms with Crippen LogP contribution in [0.25, 0.3) is 0 Å². The average Bonchev–Trinajstić information content (AvgIpc) is 2.40. The molecule has 0 spiro atoms. The lowest BCUT2D eigenvalue weighted by Gasteiger charge is -2.13. The van der Waals surface area contributed by atoms with Gasteiger partial charge >= 0.3 is 0 Å². The third kappa shape index (κ3) is 4.43. The first kappa shape index (κ1) is 14.1. The lowest BCUT2D eigenvalue weighted by molar-refractivity contribution is 0.637. The molecule has 1 N–H and O–H groups in total. The first-order valence-corrected chi connectivity index (χ1v) is 6.82. The molecule has 17 heavy (non-hydrogen) atoms. The van der Waals surface area contributed by atoms with E-state index < -0.39 is 0 Å². The van der Waals surface area contributed by atoms with Gasteiger partial charge in [0, 0.05) is 22.1 Å². The Morgan fingerprint density at radius 1 is 1.65 bits per heavy atom. The molecule has 0 bridgehead atoms. The fraction of sp³-hybridized carbons (Fsp3) is 0.500. The van der Waals surface area contributed by atoms with Gasteiger partial charge in [0.1, 0.15) is 0 Å². The second-order valence-electron chi connectivity index (χ2n) is 4.72. The summed E-state index contributed by atoms with van der Waals surface area (Å²) in [5, 5.41) is 3.35. The predicted octanol–water partition coefficient (Wildman–Crippen LogP) is 4.09. The summed E-state index contributed by atoms with van der Waals surface area (Å²) in [6, 6.07) is 0.508. The molecule has 0 fully saturated rings. The van der Waals surface area contributed by atoms with Crippen LogP contribution in [0.2, 0.25) is 0 Å². The van der Waals surface area contributed by atoms with E-state index in [1.165, 1.54) is 15.4 Å². The van der Waals surface area contributed by atoms with Crippen LogP contribution in [0.4, 0.5) is 0 Å². The zero-order valence-electron chi connectivity index (χ0n) is 11.2. The van der Waals surface area contributed by atoms with E-state index in [2.05, 4.69) is 50.8 Å². The minimum atomic E-state index is 0.479. The van der Waals surface area contributed by atoms with Crippen molar-refractivity contribution in [1.82, 2.24) is 5.32 Å². The Balaban J connectivity index is 2.88. The standard InChI is InChI=1S/C14H22N2S/c1-10(2)14(9-15-5)17-13-6-7-16-12(4)8-11(13)3/h6-7,9-10,12,16H,5,8H2,1-4H3/b14-9+. The van der Waals surface area contributed by atoms with E-state index in [1.54, 1.807) is 11.8 Å². The van der Waals surface area contributed by atoms with Crippen molar-refractivity contribution in [2.24, 2.45) is 10.9 Å². The van der Waals surface area contributed by atoms with Gasteiger partial charge in [0.25, 0.3) is 0 Å². The molecule has 0 saturated carbocycles. The van der Waals surface area contributed by atoms with Gasteiger partial charge < -0.3 is 5.32 Å². The Morgan fingerprint density at radius 2 is 2.35 bits per heavy atom. The van der Waals surface area contributed by atoms with Crippen LogP contribution in [-0.2, 0) is 0 Å². The van der Waals surface area contributed by atoms with Gasteiger partial charge in [0.15, 0.2) is 0 Å². The first-order valence-electron chi connectivity index (χ1n) is 6.00. The molecule has 94 valence electrons. The number of nitrogens with one attached hydrogen (secondary N) is 1. The summed E-state index contributed by atoms with van der Waals surface area (Å²) in [6.45, 7) is 12.3. The van der Waals surface area contributed by atoms with Crippen LogP contribution in [0, 0.1) is 5.92 Å². The van der Waals surface area contributed by atoms with Gasteiger partial charge in [-0.1, -0.05) is 31.2 Å².